The van der Waals surface area contributed by atoms with E-state index < -0.39 is 0 Å². The highest BCUT2D eigenvalue weighted by atomic mass is 16.3. The van der Waals surface area contributed by atoms with Crippen molar-refractivity contribution < 1.29 is 5.11 Å². The van der Waals surface area contributed by atoms with E-state index in [1.807, 2.05) is 20.0 Å². The summed E-state index contributed by atoms with van der Waals surface area (Å²) in [6.07, 6.45) is 3.30. The van der Waals surface area contributed by atoms with Gasteiger partial charge >= 0.3 is 0 Å². The number of aromatic amines is 1. The van der Waals surface area contributed by atoms with Crippen LogP contribution in [0.15, 0.2) is 6.20 Å². The van der Waals surface area contributed by atoms with Crippen molar-refractivity contribution >= 4 is 0 Å². The normalized spacial score (nSPS) is 13.1. The van der Waals surface area contributed by atoms with E-state index in [4.69, 9.17) is 0 Å². The highest BCUT2D eigenvalue weighted by molar-refractivity contribution is 5.13. The average molecular weight is 197 g/mol. The van der Waals surface area contributed by atoms with Gasteiger partial charge in [-0.2, -0.15) is 5.10 Å². The van der Waals surface area contributed by atoms with Crippen molar-refractivity contribution in [2.24, 2.45) is 0 Å². The Morgan fingerprint density at radius 3 is 3.00 bits per heavy atom. The molecule has 0 aliphatic rings. The molecule has 1 aromatic rings. The number of aliphatic hydroxyl groups is 1. The zero-order valence-corrected chi connectivity index (χ0v) is 8.88. The standard InChI is InChI=1S/C10H19N3O/c1-3-10(14)4-5-11-6-9-7-12-13-8(9)2/h7,10-11,14H,3-6H2,1-2H3,(H,12,13). The van der Waals surface area contributed by atoms with E-state index in [9.17, 15) is 5.11 Å². The summed E-state index contributed by atoms with van der Waals surface area (Å²) >= 11 is 0. The monoisotopic (exact) mass is 197 g/mol. The van der Waals surface area contributed by atoms with E-state index in [2.05, 4.69) is 15.5 Å². The molecule has 1 unspecified atom stereocenters. The van der Waals surface area contributed by atoms with E-state index >= 15 is 0 Å². The molecule has 1 rings (SSSR count). The molecule has 3 N–H and O–H groups in total. The highest BCUT2D eigenvalue weighted by Gasteiger charge is 2.01. The van der Waals surface area contributed by atoms with Gasteiger partial charge in [0.25, 0.3) is 0 Å². The number of hydrogen-bond acceptors (Lipinski definition) is 3. The molecular formula is C10H19N3O. The molecule has 0 spiro atoms. The molecule has 4 heteroatoms. The first-order valence-corrected chi connectivity index (χ1v) is 5.11. The maximum atomic E-state index is 9.31. The van der Waals surface area contributed by atoms with E-state index in [1.165, 1.54) is 5.56 Å². The Kier molecular flexibility index (Phi) is 4.62. The van der Waals surface area contributed by atoms with Crippen molar-refractivity contribution in [3.8, 4) is 0 Å². The van der Waals surface area contributed by atoms with Crippen LogP contribution in [-0.2, 0) is 6.54 Å². The van der Waals surface area contributed by atoms with Crippen LogP contribution in [0.4, 0.5) is 0 Å². The number of aromatic nitrogens is 2. The molecule has 4 nitrogen and oxygen atoms in total. The summed E-state index contributed by atoms with van der Waals surface area (Å²) < 4.78 is 0. The van der Waals surface area contributed by atoms with Crippen molar-refractivity contribution in [3.05, 3.63) is 17.5 Å². The van der Waals surface area contributed by atoms with Crippen molar-refractivity contribution in [1.29, 1.82) is 0 Å². The number of nitrogens with zero attached hydrogens (tertiary/aromatic N) is 1. The number of hydrogen-bond donors (Lipinski definition) is 3. The maximum absolute atomic E-state index is 9.31. The second-order valence-corrected chi connectivity index (χ2v) is 3.55. The predicted octanol–water partition coefficient (Wildman–Crippen LogP) is 0.969. The van der Waals surface area contributed by atoms with Crippen LogP contribution in [-0.4, -0.2) is 28.0 Å². The van der Waals surface area contributed by atoms with Crippen LogP contribution in [0.25, 0.3) is 0 Å². The minimum absolute atomic E-state index is 0.173. The molecule has 1 atom stereocenters. The van der Waals surface area contributed by atoms with E-state index in [-0.39, 0.29) is 6.10 Å². The minimum atomic E-state index is -0.173. The summed E-state index contributed by atoms with van der Waals surface area (Å²) in [6, 6.07) is 0. The Balaban J connectivity index is 2.13. The van der Waals surface area contributed by atoms with Crippen LogP contribution in [0.1, 0.15) is 31.0 Å². The third-order valence-electron chi connectivity index (χ3n) is 2.38. The summed E-state index contributed by atoms with van der Waals surface area (Å²) in [5.74, 6) is 0. The molecule has 0 fully saturated rings. The van der Waals surface area contributed by atoms with Crippen LogP contribution in [0.5, 0.6) is 0 Å². The highest BCUT2D eigenvalue weighted by Crippen LogP contribution is 2.01. The Bertz CT molecular complexity index is 260. The fourth-order valence-corrected chi connectivity index (χ4v) is 1.25. The van der Waals surface area contributed by atoms with Crippen LogP contribution >= 0.6 is 0 Å². The fraction of sp³-hybridized carbons (Fsp3) is 0.700. The summed E-state index contributed by atoms with van der Waals surface area (Å²) in [5, 5.41) is 19.4. The van der Waals surface area contributed by atoms with E-state index in [0.717, 1.165) is 31.6 Å². The van der Waals surface area contributed by atoms with E-state index in [0.29, 0.717) is 0 Å². The van der Waals surface area contributed by atoms with Crippen LogP contribution in [0, 0.1) is 6.92 Å². The molecule has 1 heterocycles. The minimum Gasteiger partial charge on any atom is -0.393 e. The van der Waals surface area contributed by atoms with Gasteiger partial charge < -0.3 is 10.4 Å². The number of aryl methyl sites for hydroxylation is 1. The molecule has 0 amide bonds. The maximum Gasteiger partial charge on any atom is 0.0549 e. The second kappa shape index (κ2) is 5.78. The van der Waals surface area contributed by atoms with Crippen LogP contribution < -0.4 is 5.32 Å². The first kappa shape index (κ1) is 11.2. The molecule has 14 heavy (non-hydrogen) atoms. The van der Waals surface area contributed by atoms with Gasteiger partial charge in [0.1, 0.15) is 0 Å². The van der Waals surface area contributed by atoms with Gasteiger partial charge in [0.05, 0.1) is 12.3 Å². The van der Waals surface area contributed by atoms with Crippen LogP contribution in [0.2, 0.25) is 0 Å². The lowest BCUT2D eigenvalue weighted by atomic mass is 10.2. The van der Waals surface area contributed by atoms with Crippen LogP contribution in [0.3, 0.4) is 0 Å². The summed E-state index contributed by atoms with van der Waals surface area (Å²) in [4.78, 5) is 0. The number of aliphatic hydroxyl groups excluding tert-OH is 1. The molecule has 80 valence electrons. The van der Waals surface area contributed by atoms with Gasteiger partial charge in [-0.05, 0) is 26.3 Å². The number of rotatable bonds is 6. The summed E-state index contributed by atoms with van der Waals surface area (Å²) in [5.41, 5.74) is 2.30. The average Bonchev–Trinajstić information content (AvgIpc) is 2.58. The van der Waals surface area contributed by atoms with Gasteiger partial charge in [0, 0.05) is 17.8 Å². The summed E-state index contributed by atoms with van der Waals surface area (Å²) in [6.45, 7) is 5.66. The quantitative estimate of drug-likeness (QED) is 0.595. The van der Waals surface area contributed by atoms with Gasteiger partial charge in [-0.1, -0.05) is 6.92 Å². The first-order chi connectivity index (χ1) is 6.74. The first-order valence-electron chi connectivity index (χ1n) is 5.11. The molecule has 0 bridgehead atoms. The molecule has 0 saturated heterocycles. The molecule has 0 saturated carbocycles. The van der Waals surface area contributed by atoms with Crippen molar-refractivity contribution in [2.45, 2.75) is 39.3 Å². The fourth-order valence-electron chi connectivity index (χ4n) is 1.25. The van der Waals surface area contributed by atoms with Crippen molar-refractivity contribution in [1.82, 2.24) is 15.5 Å². The van der Waals surface area contributed by atoms with Crippen molar-refractivity contribution in [3.63, 3.8) is 0 Å². The lowest BCUT2D eigenvalue weighted by Crippen LogP contribution is -2.19. The lowest BCUT2D eigenvalue weighted by Gasteiger charge is -2.08. The Labute approximate surface area is 84.7 Å². The predicted molar refractivity (Wildman–Crippen MR) is 55.9 cm³/mol. The van der Waals surface area contributed by atoms with Gasteiger partial charge in [-0.15, -0.1) is 0 Å². The molecule has 1 aromatic heterocycles. The Morgan fingerprint density at radius 2 is 2.43 bits per heavy atom. The second-order valence-electron chi connectivity index (χ2n) is 3.55. The number of H-pyrrole nitrogens is 1. The van der Waals surface area contributed by atoms with Gasteiger partial charge in [-0.25, -0.2) is 0 Å². The summed E-state index contributed by atoms with van der Waals surface area (Å²) in [7, 11) is 0. The van der Waals surface area contributed by atoms with Gasteiger partial charge in [0.2, 0.25) is 0 Å². The zero-order valence-electron chi connectivity index (χ0n) is 8.88. The van der Waals surface area contributed by atoms with Gasteiger partial charge in [-0.3, -0.25) is 5.10 Å². The molecule has 0 aliphatic heterocycles. The largest absolute Gasteiger partial charge is 0.393 e. The Morgan fingerprint density at radius 1 is 1.64 bits per heavy atom. The van der Waals surface area contributed by atoms with Gasteiger partial charge in [0.15, 0.2) is 0 Å². The number of nitrogens with one attached hydrogen (secondary N) is 2. The van der Waals surface area contributed by atoms with Crippen molar-refractivity contribution in [2.75, 3.05) is 6.54 Å². The molecule has 0 radical (unpaired) electrons. The Hall–Kier alpha value is -0.870. The third kappa shape index (κ3) is 3.47. The molecular weight excluding hydrogens is 178 g/mol. The molecule has 0 aromatic carbocycles. The molecule has 0 aliphatic carbocycles. The van der Waals surface area contributed by atoms with E-state index in [1.54, 1.807) is 0 Å². The smallest absolute Gasteiger partial charge is 0.0549 e. The SMILES string of the molecule is CCC(O)CCNCc1cn[nH]c1C. The third-order valence-corrected chi connectivity index (χ3v) is 2.38. The lowest BCUT2D eigenvalue weighted by molar-refractivity contribution is 0.159. The zero-order chi connectivity index (χ0) is 10.4. The topological polar surface area (TPSA) is 60.9 Å².